The van der Waals surface area contributed by atoms with Crippen molar-refractivity contribution in [2.24, 2.45) is 0 Å². The highest BCUT2D eigenvalue weighted by molar-refractivity contribution is 7.18. The van der Waals surface area contributed by atoms with Gasteiger partial charge in [-0.2, -0.15) is 0 Å². The van der Waals surface area contributed by atoms with Gasteiger partial charge in [-0.05, 0) is 35.9 Å². The first-order valence-electron chi connectivity index (χ1n) is 8.73. The molecule has 2 amide bonds. The Kier molecular flexibility index (Phi) is 5.02. The molecule has 8 heteroatoms. The van der Waals surface area contributed by atoms with Crippen LogP contribution in [-0.4, -0.2) is 61.9 Å². The lowest BCUT2D eigenvalue weighted by atomic mass is 10.1. The minimum absolute atomic E-state index is 0.163. The summed E-state index contributed by atoms with van der Waals surface area (Å²) in [6.45, 7) is 4.92. The number of carbonyl (C=O) groups excluding carboxylic acids is 2. The monoisotopic (exact) mass is 385 g/mol. The third-order valence-corrected chi connectivity index (χ3v) is 5.78. The molecular weight excluding hydrogens is 366 g/mol. The van der Waals surface area contributed by atoms with Crippen LogP contribution in [-0.2, 0) is 9.53 Å². The van der Waals surface area contributed by atoms with Crippen LogP contribution < -0.4 is 10.1 Å². The largest absolute Gasteiger partial charge is 0.492 e. The molecule has 27 heavy (non-hydrogen) atoms. The van der Waals surface area contributed by atoms with Gasteiger partial charge in [0.1, 0.15) is 18.1 Å². The maximum Gasteiger partial charge on any atom is 0.277 e. The number of fused-ring (bicyclic) bond motifs is 1. The van der Waals surface area contributed by atoms with Gasteiger partial charge in [0.05, 0.1) is 23.7 Å². The molecule has 2 N–H and O–H groups in total. The van der Waals surface area contributed by atoms with E-state index in [4.69, 9.17) is 14.9 Å². The predicted octanol–water partition coefficient (Wildman–Crippen LogP) is 1.76. The Balaban J connectivity index is 1.41. The lowest BCUT2D eigenvalue weighted by molar-refractivity contribution is -0.114. The Bertz CT molecular complexity index is 885. The summed E-state index contributed by atoms with van der Waals surface area (Å²) in [4.78, 5) is 27.1. The number of hydrogen-bond donors (Lipinski definition) is 2. The fraction of sp³-hybridized carbons (Fsp3) is 0.316. The number of morpholine rings is 1. The summed E-state index contributed by atoms with van der Waals surface area (Å²) in [5, 5.41) is 10.0. The molecule has 140 valence electrons. The normalized spacial score (nSPS) is 17.6. The van der Waals surface area contributed by atoms with E-state index in [1.807, 2.05) is 24.3 Å². The van der Waals surface area contributed by atoms with Crippen LogP contribution >= 0.6 is 11.3 Å². The Morgan fingerprint density at radius 2 is 1.89 bits per heavy atom. The second-order valence-corrected chi connectivity index (χ2v) is 7.39. The van der Waals surface area contributed by atoms with Crippen molar-refractivity contribution in [3.05, 3.63) is 40.8 Å². The van der Waals surface area contributed by atoms with Gasteiger partial charge in [-0.3, -0.25) is 25.2 Å². The van der Waals surface area contributed by atoms with E-state index < -0.39 is 11.8 Å². The number of ether oxygens (including phenoxy) is 2. The van der Waals surface area contributed by atoms with Crippen molar-refractivity contribution in [3.63, 3.8) is 0 Å². The first-order valence-corrected chi connectivity index (χ1v) is 9.55. The number of hydrogen-bond acceptors (Lipinski definition) is 7. The summed E-state index contributed by atoms with van der Waals surface area (Å²) in [6.07, 6.45) is 0. The summed E-state index contributed by atoms with van der Waals surface area (Å²) in [7, 11) is 0. The fourth-order valence-corrected chi connectivity index (χ4v) is 4.16. The Morgan fingerprint density at radius 1 is 1.15 bits per heavy atom. The number of benzene rings is 1. The molecule has 7 nitrogen and oxygen atoms in total. The number of rotatable bonds is 5. The van der Waals surface area contributed by atoms with E-state index in [2.05, 4.69) is 10.2 Å². The van der Waals surface area contributed by atoms with E-state index in [-0.39, 0.29) is 5.71 Å². The van der Waals surface area contributed by atoms with Crippen LogP contribution in [0.2, 0.25) is 0 Å². The van der Waals surface area contributed by atoms with Crippen LogP contribution in [0.1, 0.15) is 15.2 Å². The molecule has 1 fully saturated rings. The predicted molar refractivity (Wildman–Crippen MR) is 102 cm³/mol. The van der Waals surface area contributed by atoms with Crippen molar-refractivity contribution < 1.29 is 19.1 Å². The molecule has 0 aliphatic carbocycles. The van der Waals surface area contributed by atoms with Gasteiger partial charge in [-0.25, -0.2) is 0 Å². The van der Waals surface area contributed by atoms with Gasteiger partial charge < -0.3 is 9.47 Å². The van der Waals surface area contributed by atoms with Crippen molar-refractivity contribution in [2.45, 2.75) is 0 Å². The molecule has 0 spiro atoms. The fourth-order valence-electron chi connectivity index (χ4n) is 3.06. The van der Waals surface area contributed by atoms with Crippen LogP contribution in [0.3, 0.4) is 0 Å². The first kappa shape index (κ1) is 17.8. The SMILES string of the molecule is N=C1C(=O)NC(=O)c2cc(-c3ccc(OCCN4CCOCC4)cc3)sc21. The van der Waals surface area contributed by atoms with Crippen LogP contribution in [0.5, 0.6) is 5.75 Å². The maximum absolute atomic E-state index is 11.9. The van der Waals surface area contributed by atoms with Gasteiger partial charge in [0, 0.05) is 24.5 Å². The zero-order valence-corrected chi connectivity index (χ0v) is 15.4. The smallest absolute Gasteiger partial charge is 0.277 e. The van der Waals surface area contributed by atoms with Gasteiger partial charge in [0.2, 0.25) is 0 Å². The second-order valence-electron chi connectivity index (χ2n) is 6.34. The Labute approximate surface area is 160 Å². The number of carbonyl (C=O) groups is 2. The number of amides is 2. The summed E-state index contributed by atoms with van der Waals surface area (Å²) < 4.78 is 11.1. The summed E-state index contributed by atoms with van der Waals surface area (Å²) in [5.74, 6) is -0.310. The zero-order chi connectivity index (χ0) is 18.8. The molecular formula is C19H19N3O4S. The highest BCUT2D eigenvalue weighted by Crippen LogP contribution is 2.34. The topological polar surface area (TPSA) is 91.7 Å². The van der Waals surface area contributed by atoms with Gasteiger partial charge in [0.25, 0.3) is 11.8 Å². The molecule has 2 aliphatic rings. The number of imide groups is 1. The summed E-state index contributed by atoms with van der Waals surface area (Å²) in [6, 6.07) is 9.35. The molecule has 0 unspecified atom stereocenters. The number of nitrogens with zero attached hydrogens (tertiary/aromatic N) is 1. The van der Waals surface area contributed by atoms with Crippen molar-refractivity contribution in [1.82, 2.24) is 10.2 Å². The molecule has 2 aliphatic heterocycles. The third kappa shape index (κ3) is 3.78. The third-order valence-electron chi connectivity index (χ3n) is 4.58. The highest BCUT2D eigenvalue weighted by atomic mass is 32.1. The van der Waals surface area contributed by atoms with Crippen LogP contribution in [0.15, 0.2) is 30.3 Å². The average molecular weight is 385 g/mol. The average Bonchev–Trinajstić information content (AvgIpc) is 3.14. The Morgan fingerprint density at radius 3 is 2.63 bits per heavy atom. The Hall–Kier alpha value is -2.55. The minimum atomic E-state index is -0.648. The molecule has 0 radical (unpaired) electrons. The highest BCUT2D eigenvalue weighted by Gasteiger charge is 2.30. The molecule has 3 heterocycles. The molecule has 4 rings (SSSR count). The van der Waals surface area contributed by atoms with E-state index in [1.165, 1.54) is 11.3 Å². The summed E-state index contributed by atoms with van der Waals surface area (Å²) >= 11 is 1.28. The minimum Gasteiger partial charge on any atom is -0.492 e. The molecule has 1 saturated heterocycles. The lowest BCUT2D eigenvalue weighted by Gasteiger charge is -2.26. The van der Waals surface area contributed by atoms with E-state index >= 15 is 0 Å². The molecule has 2 aromatic rings. The lowest BCUT2D eigenvalue weighted by Crippen LogP contribution is -2.41. The maximum atomic E-state index is 11.9. The van der Waals surface area contributed by atoms with E-state index in [9.17, 15) is 9.59 Å². The molecule has 0 bridgehead atoms. The quantitative estimate of drug-likeness (QED) is 0.766. The summed E-state index contributed by atoms with van der Waals surface area (Å²) in [5.41, 5.74) is 1.14. The molecule has 1 aromatic carbocycles. The second kappa shape index (κ2) is 7.59. The van der Waals surface area contributed by atoms with Gasteiger partial charge in [-0.15, -0.1) is 11.3 Å². The van der Waals surface area contributed by atoms with Crippen molar-refractivity contribution in [3.8, 4) is 16.2 Å². The van der Waals surface area contributed by atoms with Gasteiger partial charge in [-0.1, -0.05) is 0 Å². The van der Waals surface area contributed by atoms with Crippen LogP contribution in [0, 0.1) is 5.41 Å². The van der Waals surface area contributed by atoms with E-state index in [0.29, 0.717) is 17.0 Å². The van der Waals surface area contributed by atoms with E-state index in [0.717, 1.165) is 49.0 Å². The van der Waals surface area contributed by atoms with Crippen molar-refractivity contribution >= 4 is 28.9 Å². The number of thiophene rings is 1. The standard InChI is InChI=1S/C19H19N3O4S/c20-16-17-14(18(23)21-19(16)24)11-15(27-17)12-1-3-13(4-2-12)26-10-7-22-5-8-25-9-6-22/h1-4,11,20H,5-10H2,(H,21,23,24). The number of nitrogens with one attached hydrogen (secondary N) is 2. The van der Waals surface area contributed by atoms with Crippen molar-refractivity contribution in [1.29, 1.82) is 5.41 Å². The first-order chi connectivity index (χ1) is 13.1. The zero-order valence-electron chi connectivity index (χ0n) is 14.6. The van der Waals surface area contributed by atoms with E-state index in [1.54, 1.807) is 6.07 Å². The van der Waals surface area contributed by atoms with Crippen LogP contribution in [0.25, 0.3) is 10.4 Å². The molecule has 0 saturated carbocycles. The molecule has 0 atom stereocenters. The van der Waals surface area contributed by atoms with Crippen LogP contribution in [0.4, 0.5) is 0 Å². The molecule has 1 aromatic heterocycles. The van der Waals surface area contributed by atoms with Gasteiger partial charge >= 0.3 is 0 Å². The van der Waals surface area contributed by atoms with Crippen molar-refractivity contribution in [2.75, 3.05) is 39.5 Å². The van der Waals surface area contributed by atoms with Gasteiger partial charge in [0.15, 0.2) is 0 Å².